The van der Waals surface area contributed by atoms with Crippen LogP contribution in [0.3, 0.4) is 0 Å². The number of nitrogens with zero attached hydrogens (tertiary/aromatic N) is 1. The maximum Gasteiger partial charge on any atom is 0.244 e. The molecule has 1 aliphatic heterocycles. The lowest BCUT2D eigenvalue weighted by atomic mass is 9.80. The van der Waals surface area contributed by atoms with E-state index in [1.54, 1.807) is 7.11 Å². The number of carbonyl (C=O) groups excluding carboxylic acids is 1. The number of methoxy groups -OCH3 is 1. The Bertz CT molecular complexity index is 873. The lowest BCUT2D eigenvalue weighted by Gasteiger charge is -2.41. The van der Waals surface area contributed by atoms with Gasteiger partial charge in [-0.3, -0.25) is 9.69 Å². The third-order valence-corrected chi connectivity index (χ3v) is 7.64. The predicted molar refractivity (Wildman–Crippen MR) is 136 cm³/mol. The highest BCUT2D eigenvalue weighted by atomic mass is 16.5. The molecule has 0 spiro atoms. The van der Waals surface area contributed by atoms with E-state index in [1.165, 1.54) is 16.7 Å². The second kappa shape index (κ2) is 11.3. The highest BCUT2D eigenvalue weighted by Crippen LogP contribution is 2.41. The van der Waals surface area contributed by atoms with Crippen LogP contribution in [-0.2, 0) is 19.0 Å². The molecule has 1 amide bonds. The summed E-state index contributed by atoms with van der Waals surface area (Å²) in [7, 11) is 3.75. The van der Waals surface area contributed by atoms with Crippen molar-refractivity contribution in [2.75, 3.05) is 47.2 Å². The van der Waals surface area contributed by atoms with Gasteiger partial charge in [-0.2, -0.15) is 0 Å². The first-order valence-electron chi connectivity index (χ1n) is 12.7. The summed E-state index contributed by atoms with van der Waals surface area (Å²) in [4.78, 5) is 15.8. The molecule has 6 nitrogen and oxygen atoms in total. The molecular weight excluding hydrogens is 428 g/mol. The Labute approximate surface area is 206 Å². The molecule has 0 aromatic rings. The molecule has 6 heteroatoms. The maximum atomic E-state index is 13.6. The summed E-state index contributed by atoms with van der Waals surface area (Å²) in [6.45, 7) is 14.0. The standard InChI is InChI=1S/C28H44N2O4/c1-8-20-17-21-9-10-23(21)25(18-24(20)27(2,3)19-34-16-15-32-7)29-26(31)28(4,5)30(6)22-11-13-33-14-12-22/h9-10,18,22H,8,11-17,19H2,1-7H3,(H,29,31). The molecule has 0 bridgehead atoms. The Balaban J connectivity index is 1.84. The maximum absolute atomic E-state index is 13.6. The Morgan fingerprint density at radius 2 is 1.88 bits per heavy atom. The largest absolute Gasteiger partial charge is 0.382 e. The summed E-state index contributed by atoms with van der Waals surface area (Å²) in [5, 5.41) is 3.32. The Morgan fingerprint density at radius 3 is 2.47 bits per heavy atom. The molecule has 1 N–H and O–H groups in total. The topological polar surface area (TPSA) is 60.0 Å². The summed E-state index contributed by atoms with van der Waals surface area (Å²) < 4.78 is 16.6. The monoisotopic (exact) mass is 472 g/mol. The molecule has 34 heavy (non-hydrogen) atoms. The SMILES string of the molecule is CCC1=C(C(C)(C)COCCOC)C=C(NC(=O)C(C)(C)N(C)C2CCOCC2)C2=C(C=C2)C1. The van der Waals surface area contributed by atoms with Gasteiger partial charge in [0.15, 0.2) is 0 Å². The van der Waals surface area contributed by atoms with Crippen molar-refractivity contribution >= 4 is 5.91 Å². The van der Waals surface area contributed by atoms with Gasteiger partial charge in [0.05, 0.1) is 25.4 Å². The van der Waals surface area contributed by atoms with Crippen LogP contribution in [0, 0.1) is 5.41 Å². The quantitative estimate of drug-likeness (QED) is 0.447. The minimum atomic E-state index is -0.639. The van der Waals surface area contributed by atoms with Crippen LogP contribution in [-0.4, -0.2) is 69.6 Å². The van der Waals surface area contributed by atoms with Gasteiger partial charge in [0.1, 0.15) is 0 Å². The van der Waals surface area contributed by atoms with E-state index in [4.69, 9.17) is 14.2 Å². The fourth-order valence-electron chi connectivity index (χ4n) is 4.96. The second-order valence-electron chi connectivity index (χ2n) is 10.8. The highest BCUT2D eigenvalue weighted by Gasteiger charge is 2.38. The smallest absolute Gasteiger partial charge is 0.244 e. The molecule has 1 saturated heterocycles. The molecule has 1 fully saturated rings. The number of allylic oxidation sites excluding steroid dienone is 5. The zero-order valence-electron chi connectivity index (χ0n) is 22.3. The van der Waals surface area contributed by atoms with E-state index < -0.39 is 5.54 Å². The fourth-order valence-corrected chi connectivity index (χ4v) is 4.96. The number of ether oxygens (including phenoxy) is 3. The van der Waals surface area contributed by atoms with Gasteiger partial charge in [-0.1, -0.05) is 38.5 Å². The minimum Gasteiger partial charge on any atom is -0.382 e. The Morgan fingerprint density at radius 1 is 1.18 bits per heavy atom. The number of nitrogens with one attached hydrogen (secondary N) is 1. The normalized spacial score (nSPS) is 19.7. The number of hydrogen-bond acceptors (Lipinski definition) is 5. The summed E-state index contributed by atoms with van der Waals surface area (Å²) in [5.74, 6) is 0.0216. The molecule has 0 unspecified atom stereocenters. The van der Waals surface area contributed by atoms with Crippen molar-refractivity contribution in [1.82, 2.24) is 10.2 Å². The lowest BCUT2D eigenvalue weighted by Crippen LogP contribution is -2.57. The fraction of sp³-hybridized carbons (Fsp3) is 0.679. The third-order valence-electron chi connectivity index (χ3n) is 7.64. The number of likely N-dealkylation sites (N-methyl/N-ethyl adjacent to an activating group) is 1. The van der Waals surface area contributed by atoms with Crippen LogP contribution < -0.4 is 5.32 Å². The lowest BCUT2D eigenvalue weighted by molar-refractivity contribution is -0.132. The van der Waals surface area contributed by atoms with E-state index >= 15 is 0 Å². The first-order chi connectivity index (χ1) is 16.1. The zero-order chi connectivity index (χ0) is 24.9. The van der Waals surface area contributed by atoms with E-state index in [0.29, 0.717) is 25.9 Å². The van der Waals surface area contributed by atoms with Crippen LogP contribution >= 0.6 is 0 Å². The molecular formula is C28H44N2O4. The Kier molecular flexibility index (Phi) is 8.96. The van der Waals surface area contributed by atoms with Crippen molar-refractivity contribution < 1.29 is 19.0 Å². The summed E-state index contributed by atoms with van der Waals surface area (Å²) in [6, 6.07) is 0.348. The van der Waals surface area contributed by atoms with Crippen molar-refractivity contribution in [2.45, 2.75) is 71.9 Å². The Hall–Kier alpha value is -1.73. The number of rotatable bonds is 11. The summed E-state index contributed by atoms with van der Waals surface area (Å²) in [6.07, 6.45) is 10.3. The molecule has 190 valence electrons. The molecule has 0 saturated carbocycles. The minimum absolute atomic E-state index is 0.0216. The van der Waals surface area contributed by atoms with Crippen molar-refractivity contribution in [2.24, 2.45) is 5.41 Å². The van der Waals surface area contributed by atoms with Gasteiger partial charge in [-0.25, -0.2) is 0 Å². The molecule has 1 heterocycles. The van der Waals surface area contributed by atoms with Gasteiger partial charge in [-0.05, 0) is 63.8 Å². The molecule has 0 aromatic carbocycles. The first kappa shape index (κ1) is 26.9. The summed E-state index contributed by atoms with van der Waals surface area (Å²) >= 11 is 0. The highest BCUT2D eigenvalue weighted by molar-refractivity contribution is 5.88. The van der Waals surface area contributed by atoms with Crippen molar-refractivity contribution in [3.8, 4) is 0 Å². The average Bonchev–Trinajstić information content (AvgIpc) is 2.90. The van der Waals surface area contributed by atoms with Crippen LogP contribution in [0.5, 0.6) is 0 Å². The zero-order valence-corrected chi connectivity index (χ0v) is 22.3. The van der Waals surface area contributed by atoms with E-state index in [9.17, 15) is 4.79 Å². The molecule has 0 radical (unpaired) electrons. The van der Waals surface area contributed by atoms with Gasteiger partial charge >= 0.3 is 0 Å². The predicted octanol–water partition coefficient (Wildman–Crippen LogP) is 4.54. The van der Waals surface area contributed by atoms with Crippen molar-refractivity contribution in [1.29, 1.82) is 0 Å². The van der Waals surface area contributed by atoms with E-state index in [0.717, 1.165) is 50.2 Å². The van der Waals surface area contributed by atoms with Crippen LogP contribution in [0.1, 0.15) is 60.3 Å². The molecule has 3 aliphatic rings. The van der Waals surface area contributed by atoms with E-state index in [-0.39, 0.29) is 11.3 Å². The van der Waals surface area contributed by atoms with Gasteiger partial charge in [0, 0.05) is 43.1 Å². The second-order valence-corrected chi connectivity index (χ2v) is 10.8. The molecule has 0 aromatic heterocycles. The number of hydrogen-bond donors (Lipinski definition) is 1. The van der Waals surface area contributed by atoms with Gasteiger partial charge in [0.25, 0.3) is 0 Å². The third kappa shape index (κ3) is 5.91. The van der Waals surface area contributed by atoms with Crippen LogP contribution in [0.25, 0.3) is 0 Å². The first-order valence-corrected chi connectivity index (χ1v) is 12.7. The van der Waals surface area contributed by atoms with Crippen LogP contribution in [0.2, 0.25) is 0 Å². The number of carbonyl (C=O) groups is 1. The van der Waals surface area contributed by atoms with Gasteiger partial charge in [-0.15, -0.1) is 0 Å². The number of amides is 1. The van der Waals surface area contributed by atoms with Gasteiger partial charge < -0.3 is 19.5 Å². The van der Waals surface area contributed by atoms with Crippen LogP contribution in [0.4, 0.5) is 0 Å². The molecule has 3 rings (SSSR count). The van der Waals surface area contributed by atoms with Crippen LogP contribution in [0.15, 0.2) is 46.2 Å². The molecule has 0 atom stereocenters. The van der Waals surface area contributed by atoms with Crippen molar-refractivity contribution in [3.63, 3.8) is 0 Å². The summed E-state index contributed by atoms with van der Waals surface area (Å²) in [5.41, 5.74) is 5.18. The van der Waals surface area contributed by atoms with Crippen molar-refractivity contribution in [3.05, 3.63) is 46.2 Å². The van der Waals surface area contributed by atoms with E-state index in [2.05, 4.69) is 56.3 Å². The van der Waals surface area contributed by atoms with E-state index in [1.807, 2.05) is 13.8 Å². The average molecular weight is 473 g/mol. The molecule has 2 aliphatic carbocycles. The van der Waals surface area contributed by atoms with Gasteiger partial charge in [0.2, 0.25) is 5.91 Å².